The molecule has 0 saturated carbocycles. The minimum Gasteiger partial charge on any atom is -0.369 e. The lowest BCUT2D eigenvalue weighted by Crippen LogP contribution is -2.54. The quantitative estimate of drug-likeness (QED) is 0.625. The van der Waals surface area contributed by atoms with Crippen LogP contribution in [-0.4, -0.2) is 23.4 Å². The maximum absolute atomic E-state index is 12.1. The molecule has 0 fully saturated rings. The Labute approximate surface area is 164 Å². The summed E-state index contributed by atoms with van der Waals surface area (Å²) in [7, 11) is 0. The van der Waals surface area contributed by atoms with Crippen LogP contribution in [0.5, 0.6) is 0 Å². The molecule has 0 spiro atoms. The summed E-state index contributed by atoms with van der Waals surface area (Å²) in [6.07, 6.45) is 3.35. The number of aliphatic imine (C=N–C) groups is 2. The smallest absolute Gasteiger partial charge is 0.220 e. The van der Waals surface area contributed by atoms with Gasteiger partial charge in [-0.25, -0.2) is 4.99 Å². The number of rotatable bonds is 4. The van der Waals surface area contributed by atoms with Crippen molar-refractivity contribution < 1.29 is 4.79 Å². The van der Waals surface area contributed by atoms with Crippen LogP contribution in [0, 0.1) is 0 Å². The molecule has 27 heavy (non-hydrogen) atoms. The van der Waals surface area contributed by atoms with Gasteiger partial charge in [0.1, 0.15) is 5.66 Å². The van der Waals surface area contributed by atoms with Gasteiger partial charge in [0, 0.05) is 11.3 Å². The molecule has 0 atom stereocenters. The van der Waals surface area contributed by atoms with Crippen molar-refractivity contribution in [2.75, 3.05) is 4.90 Å². The van der Waals surface area contributed by atoms with Gasteiger partial charge in [0.15, 0.2) is 5.78 Å². The van der Waals surface area contributed by atoms with Gasteiger partial charge in [0.05, 0.1) is 0 Å². The zero-order valence-corrected chi connectivity index (χ0v) is 16.0. The largest absolute Gasteiger partial charge is 0.369 e. The van der Waals surface area contributed by atoms with Crippen LogP contribution in [0.2, 0.25) is 0 Å². The molecular formula is C20H22ClN5O. The highest BCUT2D eigenvalue weighted by Gasteiger charge is 2.32. The molecule has 1 aliphatic rings. The van der Waals surface area contributed by atoms with Crippen LogP contribution in [-0.2, 0) is 0 Å². The lowest BCUT2D eigenvalue weighted by atomic mass is 10.1. The van der Waals surface area contributed by atoms with Gasteiger partial charge in [-0.1, -0.05) is 48.5 Å². The highest BCUT2D eigenvalue weighted by atomic mass is 35.5. The van der Waals surface area contributed by atoms with E-state index in [9.17, 15) is 4.79 Å². The second-order valence-corrected chi connectivity index (χ2v) is 6.42. The first-order chi connectivity index (χ1) is 12.4. The van der Waals surface area contributed by atoms with Gasteiger partial charge in [0.25, 0.3) is 0 Å². The number of guanidine groups is 2. The molecular weight excluding hydrogens is 362 g/mol. The van der Waals surface area contributed by atoms with Crippen LogP contribution >= 0.6 is 12.4 Å². The van der Waals surface area contributed by atoms with Crippen molar-refractivity contribution in [3.8, 4) is 0 Å². The Hall–Kier alpha value is -3.12. The van der Waals surface area contributed by atoms with E-state index in [1.165, 1.54) is 0 Å². The number of halogens is 1. The third-order valence-electron chi connectivity index (χ3n) is 4.03. The van der Waals surface area contributed by atoms with Crippen molar-refractivity contribution >= 4 is 41.9 Å². The monoisotopic (exact) mass is 383 g/mol. The van der Waals surface area contributed by atoms with E-state index in [1.807, 2.05) is 61.2 Å². The SMILES string of the molecule is CC1(C)N=C(N)N=C(N)N1c1ccc(/C=C/C(=O)c2ccccc2)cc1.Cl. The maximum Gasteiger partial charge on any atom is 0.220 e. The van der Waals surface area contributed by atoms with E-state index in [-0.39, 0.29) is 24.1 Å². The van der Waals surface area contributed by atoms with Crippen LogP contribution < -0.4 is 16.4 Å². The van der Waals surface area contributed by atoms with Gasteiger partial charge in [-0.15, -0.1) is 12.4 Å². The molecule has 7 heteroatoms. The molecule has 0 bridgehead atoms. The minimum atomic E-state index is -0.628. The number of nitrogens with two attached hydrogens (primary N) is 2. The Balaban J connectivity index is 0.00000261. The van der Waals surface area contributed by atoms with Crippen LogP contribution in [0.3, 0.4) is 0 Å². The third kappa shape index (κ3) is 4.54. The van der Waals surface area contributed by atoms with E-state index in [0.717, 1.165) is 11.3 Å². The summed E-state index contributed by atoms with van der Waals surface area (Å²) in [5.74, 6) is 0.431. The average Bonchev–Trinajstić information content (AvgIpc) is 2.60. The molecule has 1 heterocycles. The molecule has 2 aromatic rings. The Bertz CT molecular complexity index is 902. The van der Waals surface area contributed by atoms with E-state index in [4.69, 9.17) is 11.5 Å². The van der Waals surface area contributed by atoms with Crippen LogP contribution in [0.15, 0.2) is 70.7 Å². The summed E-state index contributed by atoms with van der Waals surface area (Å²) in [5.41, 5.74) is 13.5. The molecule has 4 N–H and O–H groups in total. The van der Waals surface area contributed by atoms with Crippen molar-refractivity contribution in [2.24, 2.45) is 21.5 Å². The van der Waals surface area contributed by atoms with Crippen molar-refractivity contribution in [3.05, 3.63) is 71.8 Å². The average molecular weight is 384 g/mol. The van der Waals surface area contributed by atoms with Gasteiger partial charge in [-0.2, -0.15) is 4.99 Å². The molecule has 0 saturated heterocycles. The highest BCUT2D eigenvalue weighted by molar-refractivity contribution is 6.07. The fourth-order valence-corrected chi connectivity index (χ4v) is 2.86. The van der Waals surface area contributed by atoms with Crippen LogP contribution in [0.1, 0.15) is 29.8 Å². The van der Waals surface area contributed by atoms with E-state index >= 15 is 0 Å². The second kappa shape index (κ2) is 8.05. The summed E-state index contributed by atoms with van der Waals surface area (Å²) in [6.45, 7) is 3.82. The Morgan fingerprint density at radius 2 is 1.67 bits per heavy atom. The first kappa shape index (κ1) is 20.2. The van der Waals surface area contributed by atoms with Gasteiger partial charge in [-0.3, -0.25) is 9.69 Å². The molecule has 0 aromatic heterocycles. The molecule has 0 radical (unpaired) electrons. The predicted molar refractivity (Wildman–Crippen MR) is 113 cm³/mol. The summed E-state index contributed by atoms with van der Waals surface area (Å²) in [4.78, 5) is 22.3. The normalized spacial score (nSPS) is 15.7. The number of allylic oxidation sites excluding steroid dienone is 1. The van der Waals surface area contributed by atoms with Crippen molar-refractivity contribution in [2.45, 2.75) is 19.5 Å². The Kier molecular flexibility index (Phi) is 6.02. The summed E-state index contributed by atoms with van der Waals surface area (Å²) >= 11 is 0. The summed E-state index contributed by atoms with van der Waals surface area (Å²) in [5, 5.41) is 0. The van der Waals surface area contributed by atoms with E-state index in [1.54, 1.807) is 24.3 Å². The Morgan fingerprint density at radius 1 is 1.04 bits per heavy atom. The number of ketones is 1. The van der Waals surface area contributed by atoms with Crippen molar-refractivity contribution in [1.82, 2.24) is 0 Å². The van der Waals surface area contributed by atoms with E-state index in [2.05, 4.69) is 9.98 Å². The molecule has 0 unspecified atom stereocenters. The number of benzene rings is 2. The number of anilines is 1. The van der Waals surface area contributed by atoms with Gasteiger partial charge >= 0.3 is 0 Å². The van der Waals surface area contributed by atoms with Crippen LogP contribution in [0.25, 0.3) is 6.08 Å². The van der Waals surface area contributed by atoms with Gasteiger partial charge in [0.2, 0.25) is 11.9 Å². The fraction of sp³-hybridized carbons (Fsp3) is 0.150. The van der Waals surface area contributed by atoms with Crippen molar-refractivity contribution in [1.29, 1.82) is 0 Å². The first-order valence-corrected chi connectivity index (χ1v) is 8.24. The molecule has 6 nitrogen and oxygen atoms in total. The Morgan fingerprint density at radius 3 is 2.26 bits per heavy atom. The number of hydrogen-bond donors (Lipinski definition) is 2. The maximum atomic E-state index is 12.1. The summed E-state index contributed by atoms with van der Waals surface area (Å²) < 4.78 is 0. The number of carbonyl (C=O) groups excluding carboxylic acids is 1. The molecule has 140 valence electrons. The summed E-state index contributed by atoms with van der Waals surface area (Å²) in [6, 6.07) is 16.8. The first-order valence-electron chi connectivity index (χ1n) is 8.24. The minimum absolute atomic E-state index is 0. The zero-order valence-electron chi connectivity index (χ0n) is 15.2. The number of carbonyl (C=O) groups is 1. The topological polar surface area (TPSA) is 97.1 Å². The lowest BCUT2D eigenvalue weighted by molar-refractivity contribution is 0.104. The highest BCUT2D eigenvalue weighted by Crippen LogP contribution is 2.27. The molecule has 3 rings (SSSR count). The zero-order chi connectivity index (χ0) is 18.7. The van der Waals surface area contributed by atoms with Gasteiger partial charge in [-0.05, 0) is 37.6 Å². The predicted octanol–water partition coefficient (Wildman–Crippen LogP) is 3.19. The fourth-order valence-electron chi connectivity index (χ4n) is 2.86. The number of hydrogen-bond acceptors (Lipinski definition) is 6. The van der Waals surface area contributed by atoms with E-state index in [0.29, 0.717) is 11.5 Å². The van der Waals surface area contributed by atoms with Crippen molar-refractivity contribution in [3.63, 3.8) is 0 Å². The second-order valence-electron chi connectivity index (χ2n) is 6.42. The van der Waals surface area contributed by atoms with E-state index < -0.39 is 5.66 Å². The molecule has 2 aromatic carbocycles. The molecule has 0 amide bonds. The third-order valence-corrected chi connectivity index (χ3v) is 4.03. The van der Waals surface area contributed by atoms with Gasteiger partial charge < -0.3 is 11.5 Å². The number of nitrogens with zero attached hydrogens (tertiary/aromatic N) is 3. The standard InChI is InChI=1S/C20H21N5O.ClH/c1-20(2)24-18(21)23-19(22)25(20)16-11-8-14(9-12-16)10-13-17(26)15-6-4-3-5-7-15;/h3-13H,1-2H3,(H4,21,22,23,24);1H/b13-10+;. The van der Waals surface area contributed by atoms with Crippen LogP contribution in [0.4, 0.5) is 5.69 Å². The molecule has 0 aliphatic carbocycles. The lowest BCUT2D eigenvalue weighted by Gasteiger charge is -2.38. The molecule has 1 aliphatic heterocycles.